The fraction of sp³-hybridized carbons (Fsp3) is 0.318. The molecule has 0 unspecified atom stereocenters. The van der Waals surface area contributed by atoms with Gasteiger partial charge in [-0.25, -0.2) is 15.1 Å². The van der Waals surface area contributed by atoms with Crippen molar-refractivity contribution in [3.05, 3.63) is 76.6 Å². The summed E-state index contributed by atoms with van der Waals surface area (Å²) in [6.07, 6.45) is 3.11. The van der Waals surface area contributed by atoms with Crippen molar-refractivity contribution in [1.29, 1.82) is 0 Å². The summed E-state index contributed by atoms with van der Waals surface area (Å²) >= 11 is 6.03. The number of halogens is 1. The molecule has 1 aliphatic carbocycles. The van der Waals surface area contributed by atoms with E-state index in [9.17, 15) is 18.3 Å². The van der Waals surface area contributed by atoms with Gasteiger partial charge in [-0.3, -0.25) is 8.98 Å². The van der Waals surface area contributed by atoms with Gasteiger partial charge in [0.05, 0.1) is 18.3 Å². The molecule has 0 bridgehead atoms. The maximum atomic E-state index is 13.1. The number of nitrogens with two attached hydrogens (primary N) is 1. The van der Waals surface area contributed by atoms with Crippen LogP contribution in [0.15, 0.2) is 53.3 Å². The fourth-order valence-electron chi connectivity index (χ4n) is 3.96. The lowest BCUT2D eigenvalue weighted by molar-refractivity contribution is 0.100. The van der Waals surface area contributed by atoms with Crippen LogP contribution < -0.4 is 10.5 Å². The Balaban J connectivity index is 1.44. The Kier molecular flexibility index (Phi) is 7.29. The lowest BCUT2D eigenvalue weighted by Gasteiger charge is -2.15. The molecule has 0 amide bonds. The summed E-state index contributed by atoms with van der Waals surface area (Å²) in [6.45, 7) is -0.227. The zero-order chi connectivity index (χ0) is 24.3. The number of aliphatic hydroxyl groups excluding tert-OH is 1. The van der Waals surface area contributed by atoms with Crippen molar-refractivity contribution < 1.29 is 26.9 Å². The maximum Gasteiger partial charge on any atom is 0.333 e. The molecule has 2 aromatic heterocycles. The van der Waals surface area contributed by atoms with Crippen molar-refractivity contribution in [2.45, 2.75) is 31.4 Å². The normalized spacial score (nSPS) is 20.4. The summed E-state index contributed by atoms with van der Waals surface area (Å²) < 4.78 is 32.4. The zero-order valence-electron chi connectivity index (χ0n) is 17.9. The molecule has 3 aromatic rings. The average Bonchev–Trinajstić information content (AvgIpc) is 3.38. The first-order chi connectivity index (χ1) is 16.2. The van der Waals surface area contributed by atoms with Gasteiger partial charge in [0.2, 0.25) is 5.78 Å². The number of aliphatic hydroxyl groups is 1. The van der Waals surface area contributed by atoms with Gasteiger partial charge >= 0.3 is 10.3 Å². The highest BCUT2D eigenvalue weighted by atomic mass is 35.5. The Bertz CT molecular complexity index is 1280. The second kappa shape index (κ2) is 10.2. The minimum atomic E-state index is -4.09. The largest absolute Gasteiger partial charge is 0.457 e. The molecule has 1 saturated carbocycles. The van der Waals surface area contributed by atoms with Crippen LogP contribution in [-0.4, -0.2) is 48.0 Å². The lowest BCUT2D eigenvalue weighted by atomic mass is 10.1. The number of carbonyl (C=O) groups is 1. The Labute approximate surface area is 201 Å². The van der Waals surface area contributed by atoms with Crippen molar-refractivity contribution in [3.8, 4) is 0 Å². The minimum Gasteiger partial charge on any atom is -0.457 e. The van der Waals surface area contributed by atoms with E-state index in [2.05, 4.69) is 19.5 Å². The number of carbonyl (C=O) groups excluding carboxylic acids is 1. The standard InChI is InChI=1S/C22H23ClN4O6S/c23-15-3-1-2-13(6-15)7-17-4-5-20(33-17)21(29)18-10-25-12-26-22(18)27-16-8-14(19(28)9-16)11-32-34(24,30)31/h1-6,10,12,14,16,19,28H,7-9,11H2,(H2,24,30,31)(H,25,26,27)/t14-,16-,19+/m1/s1. The predicted molar refractivity (Wildman–Crippen MR) is 124 cm³/mol. The van der Waals surface area contributed by atoms with Crippen molar-refractivity contribution in [2.75, 3.05) is 11.9 Å². The van der Waals surface area contributed by atoms with Crippen molar-refractivity contribution in [3.63, 3.8) is 0 Å². The molecule has 0 saturated heterocycles. The van der Waals surface area contributed by atoms with Crippen LogP contribution in [0.1, 0.15) is 40.3 Å². The minimum absolute atomic E-state index is 0.140. The Morgan fingerprint density at radius 2 is 2.12 bits per heavy atom. The highest BCUT2D eigenvalue weighted by molar-refractivity contribution is 7.84. The number of nitrogens with zero attached hydrogens (tertiary/aromatic N) is 2. The number of ketones is 1. The number of nitrogens with one attached hydrogen (secondary N) is 1. The maximum absolute atomic E-state index is 13.1. The number of furan rings is 1. The molecule has 2 heterocycles. The quantitative estimate of drug-likeness (QED) is 0.370. The third kappa shape index (κ3) is 6.19. The third-order valence-corrected chi connectivity index (χ3v) is 6.25. The molecule has 0 radical (unpaired) electrons. The smallest absolute Gasteiger partial charge is 0.333 e. The first-order valence-electron chi connectivity index (χ1n) is 10.5. The van der Waals surface area contributed by atoms with E-state index < -0.39 is 28.1 Å². The van der Waals surface area contributed by atoms with Gasteiger partial charge in [0.1, 0.15) is 17.9 Å². The average molecular weight is 507 g/mol. The van der Waals surface area contributed by atoms with E-state index in [-0.39, 0.29) is 29.8 Å². The molecule has 4 N–H and O–H groups in total. The van der Waals surface area contributed by atoms with Crippen molar-refractivity contribution in [2.24, 2.45) is 11.1 Å². The van der Waals surface area contributed by atoms with Gasteiger partial charge in [0.25, 0.3) is 0 Å². The molecule has 1 aromatic carbocycles. The molecule has 34 heavy (non-hydrogen) atoms. The summed E-state index contributed by atoms with van der Waals surface area (Å²) in [5.74, 6) is 0.205. The van der Waals surface area contributed by atoms with E-state index in [0.717, 1.165) is 5.56 Å². The van der Waals surface area contributed by atoms with Crippen LogP contribution in [0.4, 0.5) is 5.82 Å². The highest BCUT2D eigenvalue weighted by Gasteiger charge is 2.35. The van der Waals surface area contributed by atoms with Crippen LogP contribution in [0.25, 0.3) is 0 Å². The lowest BCUT2D eigenvalue weighted by Crippen LogP contribution is -2.24. The van der Waals surface area contributed by atoms with E-state index >= 15 is 0 Å². The van der Waals surface area contributed by atoms with Crippen molar-refractivity contribution in [1.82, 2.24) is 9.97 Å². The van der Waals surface area contributed by atoms with Gasteiger partial charge in [0.15, 0.2) is 5.76 Å². The highest BCUT2D eigenvalue weighted by Crippen LogP contribution is 2.30. The number of anilines is 1. The van der Waals surface area contributed by atoms with E-state index in [0.29, 0.717) is 30.0 Å². The second-order valence-corrected chi connectivity index (χ2v) is 9.76. The summed E-state index contributed by atoms with van der Waals surface area (Å²) in [7, 11) is -4.09. The van der Waals surface area contributed by atoms with Crippen LogP contribution in [0, 0.1) is 5.92 Å². The van der Waals surface area contributed by atoms with Gasteiger partial charge in [-0.05, 0) is 42.7 Å². The first kappa shape index (κ1) is 24.3. The van der Waals surface area contributed by atoms with Crippen LogP contribution in [-0.2, 0) is 20.9 Å². The number of aromatic nitrogens is 2. The van der Waals surface area contributed by atoms with E-state index in [1.54, 1.807) is 18.2 Å². The molecule has 3 atom stereocenters. The second-order valence-electron chi connectivity index (χ2n) is 8.10. The molecular weight excluding hydrogens is 484 g/mol. The van der Waals surface area contributed by atoms with E-state index in [1.807, 2.05) is 18.2 Å². The predicted octanol–water partition coefficient (Wildman–Crippen LogP) is 2.32. The summed E-state index contributed by atoms with van der Waals surface area (Å²) in [5.41, 5.74) is 1.16. The zero-order valence-corrected chi connectivity index (χ0v) is 19.5. The molecule has 0 aliphatic heterocycles. The first-order valence-corrected chi connectivity index (χ1v) is 12.3. The van der Waals surface area contributed by atoms with E-state index in [4.69, 9.17) is 21.2 Å². The molecule has 10 nitrogen and oxygen atoms in total. The fourth-order valence-corrected chi connectivity index (χ4v) is 4.54. The molecule has 4 rings (SSSR count). The topological polar surface area (TPSA) is 158 Å². The summed E-state index contributed by atoms with van der Waals surface area (Å²) in [6, 6.07) is 10.4. The monoisotopic (exact) mass is 506 g/mol. The van der Waals surface area contributed by atoms with Crippen LogP contribution in [0.5, 0.6) is 0 Å². The number of rotatable bonds is 9. The van der Waals surface area contributed by atoms with E-state index in [1.165, 1.54) is 12.5 Å². The van der Waals surface area contributed by atoms with Crippen LogP contribution in [0.3, 0.4) is 0 Å². The van der Waals surface area contributed by atoms with Gasteiger partial charge < -0.3 is 14.8 Å². The number of hydrogen-bond acceptors (Lipinski definition) is 9. The van der Waals surface area contributed by atoms with Gasteiger partial charge in [-0.15, -0.1) is 0 Å². The molecular formula is C22H23ClN4O6S. The Morgan fingerprint density at radius 1 is 1.29 bits per heavy atom. The molecule has 0 spiro atoms. The van der Waals surface area contributed by atoms with Gasteiger partial charge in [-0.1, -0.05) is 23.7 Å². The molecule has 1 aliphatic rings. The van der Waals surface area contributed by atoms with Crippen LogP contribution in [0.2, 0.25) is 5.02 Å². The SMILES string of the molecule is NS(=O)(=O)OC[C@H]1C[C@@H](Nc2ncncc2C(=O)c2ccc(Cc3cccc(Cl)c3)o2)C[C@@H]1O. The van der Waals surface area contributed by atoms with Crippen molar-refractivity contribution >= 4 is 33.5 Å². The molecule has 180 valence electrons. The third-order valence-electron chi connectivity index (χ3n) is 5.55. The molecule has 12 heteroatoms. The van der Waals surface area contributed by atoms with Gasteiger partial charge in [0, 0.05) is 29.6 Å². The van der Waals surface area contributed by atoms with Crippen LogP contribution >= 0.6 is 11.6 Å². The number of benzene rings is 1. The molecule has 1 fully saturated rings. The summed E-state index contributed by atoms with van der Waals surface area (Å²) in [4.78, 5) is 21.3. The summed E-state index contributed by atoms with van der Waals surface area (Å²) in [5, 5.41) is 18.9. The Hall–Kier alpha value is -2.83. The number of hydrogen-bond donors (Lipinski definition) is 3. The van der Waals surface area contributed by atoms with Gasteiger partial charge in [-0.2, -0.15) is 8.42 Å². The Morgan fingerprint density at radius 3 is 2.88 bits per heavy atom.